The molecule has 0 spiro atoms. The van der Waals surface area contributed by atoms with Crippen molar-refractivity contribution in [3.8, 4) is 22.3 Å². The first-order valence-electron chi connectivity index (χ1n) is 9.79. The van der Waals surface area contributed by atoms with E-state index in [1.165, 1.54) is 33.0 Å². The fourth-order valence-corrected chi connectivity index (χ4v) is 3.79. The third-order valence-corrected chi connectivity index (χ3v) is 5.19. The smallest absolute Gasteiger partial charge is 0.151 e. The molecule has 0 saturated heterocycles. The zero-order chi connectivity index (χ0) is 19.5. The number of rotatable bonds is 4. The lowest BCUT2D eigenvalue weighted by atomic mass is 9.95. The van der Waals surface area contributed by atoms with Crippen LogP contribution in [0.15, 0.2) is 121 Å². The minimum Gasteiger partial charge on any atom is -0.301 e. The van der Waals surface area contributed by atoms with Gasteiger partial charge in [-0.2, -0.15) is 0 Å². The fraction of sp³-hybridized carbons (Fsp3) is 0. The van der Waals surface area contributed by atoms with Crippen molar-refractivity contribution in [3.63, 3.8) is 0 Å². The largest absolute Gasteiger partial charge is 0.301 e. The molecule has 1 aliphatic carbocycles. The predicted octanol–water partition coefficient (Wildman–Crippen LogP) is 7.40. The number of hydrogen-bond acceptors (Lipinski definition) is 1. The highest BCUT2D eigenvalue weighted by atomic mass is 14.9. The Balaban J connectivity index is 1.59. The van der Waals surface area contributed by atoms with Gasteiger partial charge in [0.25, 0.3) is 0 Å². The van der Waals surface area contributed by atoms with Gasteiger partial charge in [0.15, 0.2) is 5.70 Å². The molecule has 1 nitrogen and oxygen atoms in total. The van der Waals surface area contributed by atoms with Crippen molar-refractivity contribution in [1.29, 1.82) is 0 Å². The van der Waals surface area contributed by atoms with Crippen LogP contribution < -0.4 is 5.32 Å². The van der Waals surface area contributed by atoms with Gasteiger partial charge in [-0.3, -0.25) is 0 Å². The molecule has 0 unspecified atom stereocenters. The minimum atomic E-state index is 1.04. The Morgan fingerprint density at radius 1 is 0.621 bits per heavy atom. The maximum absolute atomic E-state index is 3.56. The second-order valence-electron chi connectivity index (χ2n) is 7.07. The molecule has 4 aromatic carbocycles. The van der Waals surface area contributed by atoms with Gasteiger partial charge in [-0.25, -0.2) is 0 Å². The highest BCUT2D eigenvalue weighted by Gasteiger charge is 2.11. The van der Waals surface area contributed by atoms with Crippen molar-refractivity contribution in [2.24, 2.45) is 0 Å². The highest BCUT2D eigenvalue weighted by Crippen LogP contribution is 2.35. The molecule has 0 fully saturated rings. The summed E-state index contributed by atoms with van der Waals surface area (Å²) < 4.78 is 0. The Bertz CT molecular complexity index is 1240. The maximum atomic E-state index is 3.56. The average molecular weight is 370 g/mol. The first kappa shape index (κ1) is 17.2. The van der Waals surface area contributed by atoms with E-state index < -0.39 is 0 Å². The fourth-order valence-electron chi connectivity index (χ4n) is 3.79. The van der Waals surface area contributed by atoms with E-state index >= 15 is 0 Å². The average Bonchev–Trinajstić information content (AvgIpc) is 2.80. The van der Waals surface area contributed by atoms with Crippen LogP contribution in [0.2, 0.25) is 0 Å². The van der Waals surface area contributed by atoms with E-state index in [2.05, 4.69) is 102 Å². The Labute approximate surface area is 171 Å². The zero-order valence-electron chi connectivity index (χ0n) is 16.0. The Morgan fingerprint density at radius 3 is 2.10 bits per heavy atom. The van der Waals surface area contributed by atoms with Crippen LogP contribution in [0.3, 0.4) is 0 Å². The van der Waals surface area contributed by atoms with Crippen LogP contribution >= 0.6 is 0 Å². The molecule has 0 radical (unpaired) electrons. The van der Waals surface area contributed by atoms with Crippen LogP contribution in [0.4, 0.5) is 5.69 Å². The molecule has 0 heterocycles. The monoisotopic (exact) mass is 370 g/mol. The lowest BCUT2D eigenvalue weighted by Crippen LogP contribution is -1.99. The molecule has 4 aromatic rings. The normalized spacial score (nSPS) is 12.5. The lowest BCUT2D eigenvalue weighted by Gasteiger charge is -2.13. The molecule has 0 amide bonds. The zero-order valence-corrected chi connectivity index (χ0v) is 16.0. The molecule has 5 rings (SSSR count). The summed E-state index contributed by atoms with van der Waals surface area (Å²) in [6, 6.07) is 32.2. The second-order valence-corrected chi connectivity index (χ2v) is 7.07. The molecular weight excluding hydrogens is 350 g/mol. The van der Waals surface area contributed by atoms with Crippen molar-refractivity contribution in [2.75, 3.05) is 5.32 Å². The Hall–Kier alpha value is -3.93. The molecule has 1 N–H and O–H groups in total. The number of hydrogen-bond donors (Lipinski definition) is 1. The molecule has 0 aromatic heterocycles. The van der Waals surface area contributed by atoms with Crippen molar-refractivity contribution in [3.05, 3.63) is 127 Å². The quantitative estimate of drug-likeness (QED) is 0.369. The highest BCUT2D eigenvalue weighted by molar-refractivity contribution is 6.05. The number of allylic oxidation sites excluding steroid dienone is 5. The van der Waals surface area contributed by atoms with E-state index in [9.17, 15) is 0 Å². The van der Waals surface area contributed by atoms with E-state index in [1.54, 1.807) is 0 Å². The van der Waals surface area contributed by atoms with Gasteiger partial charge in [-0.15, -0.1) is 0 Å². The summed E-state index contributed by atoms with van der Waals surface area (Å²) in [6.45, 7) is 0. The number of nitrogens with one attached hydrogen (secondary N) is 1. The summed E-state index contributed by atoms with van der Waals surface area (Å²) in [5.74, 6) is 0. The van der Waals surface area contributed by atoms with Crippen molar-refractivity contribution < 1.29 is 0 Å². The minimum absolute atomic E-state index is 1.04. The van der Waals surface area contributed by atoms with Gasteiger partial charge in [-0.05, 0) is 33.7 Å². The van der Waals surface area contributed by atoms with Gasteiger partial charge >= 0.3 is 0 Å². The summed E-state index contributed by atoms with van der Waals surface area (Å²) >= 11 is 0. The summed E-state index contributed by atoms with van der Waals surface area (Å²) in [7, 11) is 0. The van der Waals surface area contributed by atoms with E-state index in [1.807, 2.05) is 24.3 Å². The van der Waals surface area contributed by atoms with Crippen LogP contribution in [0.5, 0.6) is 0 Å². The van der Waals surface area contributed by atoms with Crippen LogP contribution in [-0.4, -0.2) is 0 Å². The van der Waals surface area contributed by atoms with Gasteiger partial charge in [-0.1, -0.05) is 84.9 Å². The molecule has 29 heavy (non-hydrogen) atoms. The van der Waals surface area contributed by atoms with Gasteiger partial charge in [0.2, 0.25) is 0 Å². The van der Waals surface area contributed by atoms with E-state index in [-0.39, 0.29) is 0 Å². The molecule has 136 valence electrons. The first-order valence-corrected chi connectivity index (χ1v) is 9.79. The predicted molar refractivity (Wildman–Crippen MR) is 123 cm³/mol. The first-order chi connectivity index (χ1) is 14.4. The van der Waals surface area contributed by atoms with Crippen LogP contribution in [0, 0.1) is 6.08 Å². The maximum Gasteiger partial charge on any atom is 0.151 e. The molecule has 1 heteroatoms. The van der Waals surface area contributed by atoms with E-state index in [0.717, 1.165) is 11.4 Å². The number of fused-ring (bicyclic) bond motifs is 1. The molecule has 0 bridgehead atoms. The SMILES string of the molecule is [C+]1=CC(Nc2cccc3cccc(-c4ccc(-c5ccccc5)cc4)c23)=CC=C1. The number of anilines is 1. The van der Waals surface area contributed by atoms with Crippen molar-refractivity contribution in [1.82, 2.24) is 0 Å². The summed E-state index contributed by atoms with van der Waals surface area (Å²) in [4.78, 5) is 0. The molecule has 0 saturated carbocycles. The third-order valence-electron chi connectivity index (χ3n) is 5.19. The van der Waals surface area contributed by atoms with Crippen molar-refractivity contribution >= 4 is 16.5 Å². The van der Waals surface area contributed by atoms with E-state index in [4.69, 9.17) is 0 Å². The summed E-state index contributed by atoms with van der Waals surface area (Å²) in [5.41, 5.74) is 7.04. The second kappa shape index (κ2) is 7.59. The standard InChI is InChI=1S/C28H20N/c1-3-9-21(10-4-1)22-17-19-23(20-18-22)26-15-7-11-24-12-8-16-27(28(24)26)29-25-13-5-2-6-14-25/h1-5,7-20,29H/q+1. The van der Waals surface area contributed by atoms with Gasteiger partial charge in [0.05, 0.1) is 11.8 Å². The third kappa shape index (κ3) is 3.48. The van der Waals surface area contributed by atoms with Crippen molar-refractivity contribution in [2.45, 2.75) is 0 Å². The molecule has 0 aliphatic heterocycles. The van der Waals surface area contributed by atoms with Crippen LogP contribution in [-0.2, 0) is 0 Å². The van der Waals surface area contributed by atoms with E-state index in [0.29, 0.717) is 0 Å². The topological polar surface area (TPSA) is 12.0 Å². The lowest BCUT2D eigenvalue weighted by molar-refractivity contribution is 1.46. The number of benzene rings is 4. The van der Waals surface area contributed by atoms with Crippen LogP contribution in [0.1, 0.15) is 0 Å². The Kier molecular flexibility index (Phi) is 4.50. The molecule has 1 aliphatic rings. The molecular formula is C28H20N+. The summed E-state index contributed by atoms with van der Waals surface area (Å²) in [5, 5.41) is 6.01. The van der Waals surface area contributed by atoms with Gasteiger partial charge in [0, 0.05) is 17.5 Å². The summed E-state index contributed by atoms with van der Waals surface area (Å²) in [6.07, 6.45) is 11.1. The van der Waals surface area contributed by atoms with Gasteiger partial charge < -0.3 is 5.32 Å². The van der Waals surface area contributed by atoms with Gasteiger partial charge in [0.1, 0.15) is 12.2 Å². The Morgan fingerprint density at radius 2 is 1.34 bits per heavy atom. The van der Waals surface area contributed by atoms with Crippen LogP contribution in [0.25, 0.3) is 33.0 Å². The molecule has 0 atom stereocenters.